The van der Waals surface area contributed by atoms with E-state index >= 15 is 0 Å². The maximum absolute atomic E-state index is 5.49. The van der Waals surface area contributed by atoms with Gasteiger partial charge >= 0.3 is 0 Å². The minimum atomic E-state index is 0. The Labute approximate surface area is 143 Å². The van der Waals surface area contributed by atoms with Gasteiger partial charge in [0.05, 0.1) is 19.9 Å². The highest BCUT2D eigenvalue weighted by Gasteiger charge is 2.18. The Morgan fingerprint density at radius 1 is 1.22 bits per heavy atom. The molecule has 0 atom stereocenters. The van der Waals surface area contributed by atoms with Crippen LogP contribution in [-0.4, -0.2) is 32.5 Å². The molecule has 3 rings (SSSR count). The van der Waals surface area contributed by atoms with E-state index in [2.05, 4.69) is 10.5 Å². The van der Waals surface area contributed by atoms with E-state index in [1.807, 2.05) is 12.1 Å². The van der Waals surface area contributed by atoms with Crippen LogP contribution in [0.1, 0.15) is 31.4 Å². The predicted molar refractivity (Wildman–Crippen MR) is 92.9 cm³/mol. The normalized spacial score (nSPS) is 15.4. The second-order valence-electron chi connectivity index (χ2n) is 5.89. The first-order valence-electron chi connectivity index (χ1n) is 8.03. The lowest BCUT2D eigenvalue weighted by Gasteiger charge is -2.22. The summed E-state index contributed by atoms with van der Waals surface area (Å²) in [5.74, 6) is 2.15. The third-order valence-corrected chi connectivity index (χ3v) is 4.54. The molecule has 1 saturated heterocycles. The van der Waals surface area contributed by atoms with Crippen molar-refractivity contribution in [3.05, 3.63) is 17.8 Å². The van der Waals surface area contributed by atoms with E-state index < -0.39 is 0 Å². The van der Waals surface area contributed by atoms with E-state index in [-0.39, 0.29) is 12.4 Å². The summed E-state index contributed by atoms with van der Waals surface area (Å²) >= 11 is 0. The number of aryl methyl sites for hydroxylation is 1. The zero-order valence-electron chi connectivity index (χ0n) is 13.8. The molecule has 6 heteroatoms. The summed E-state index contributed by atoms with van der Waals surface area (Å²) in [6, 6.07) is 3.92. The molecular formula is C17H25ClN2O3. The molecular weight excluding hydrogens is 316 g/mol. The lowest BCUT2D eigenvalue weighted by Crippen LogP contribution is -2.27. The largest absolute Gasteiger partial charge is 0.493 e. The monoisotopic (exact) mass is 340 g/mol. The van der Waals surface area contributed by atoms with Crippen molar-refractivity contribution in [3.63, 3.8) is 0 Å². The number of aromatic nitrogens is 1. The first-order valence-corrected chi connectivity index (χ1v) is 8.03. The van der Waals surface area contributed by atoms with Gasteiger partial charge in [-0.2, -0.15) is 0 Å². The summed E-state index contributed by atoms with van der Waals surface area (Å²) in [4.78, 5) is 0. The fourth-order valence-electron chi connectivity index (χ4n) is 3.28. The quantitative estimate of drug-likeness (QED) is 0.870. The second-order valence-corrected chi connectivity index (χ2v) is 5.89. The van der Waals surface area contributed by atoms with Gasteiger partial charge in [-0.3, -0.25) is 0 Å². The van der Waals surface area contributed by atoms with Gasteiger partial charge in [0.2, 0.25) is 11.3 Å². The van der Waals surface area contributed by atoms with E-state index in [0.29, 0.717) is 17.1 Å². The zero-order valence-corrected chi connectivity index (χ0v) is 14.6. The molecule has 1 aromatic carbocycles. The summed E-state index contributed by atoms with van der Waals surface area (Å²) in [5.41, 5.74) is 1.70. The number of hydrogen-bond acceptors (Lipinski definition) is 5. The van der Waals surface area contributed by atoms with Crippen molar-refractivity contribution in [2.24, 2.45) is 5.92 Å². The topological polar surface area (TPSA) is 56.5 Å². The SMILES string of the molecule is COc1ccc2c(CCCC3CCNCC3)noc2c1OC.Cl. The number of rotatable bonds is 6. The molecule has 0 amide bonds. The molecule has 0 bridgehead atoms. The molecule has 1 aliphatic heterocycles. The second kappa shape index (κ2) is 8.41. The van der Waals surface area contributed by atoms with Gasteiger partial charge in [0.25, 0.3) is 0 Å². The van der Waals surface area contributed by atoms with Crippen molar-refractivity contribution in [1.29, 1.82) is 0 Å². The Morgan fingerprint density at radius 2 is 2.00 bits per heavy atom. The Morgan fingerprint density at radius 3 is 2.70 bits per heavy atom. The van der Waals surface area contributed by atoms with Crippen LogP contribution in [0.25, 0.3) is 11.0 Å². The standard InChI is InChI=1S/C17H24N2O3.ClH/c1-20-15-7-6-13-14(19-22-16(13)17(15)21-2)5-3-4-12-8-10-18-11-9-12;/h6-7,12,18H,3-5,8-11H2,1-2H3;1H. The molecule has 5 nitrogen and oxygen atoms in total. The molecule has 23 heavy (non-hydrogen) atoms. The fourth-order valence-corrected chi connectivity index (χ4v) is 3.28. The number of nitrogens with zero attached hydrogens (tertiary/aromatic N) is 1. The first kappa shape index (κ1) is 17.9. The van der Waals surface area contributed by atoms with Crippen molar-refractivity contribution in [2.75, 3.05) is 27.3 Å². The molecule has 2 aromatic rings. The van der Waals surface area contributed by atoms with E-state index in [0.717, 1.165) is 42.9 Å². The zero-order chi connectivity index (χ0) is 15.4. The summed E-state index contributed by atoms with van der Waals surface area (Å²) in [6.45, 7) is 2.32. The molecule has 0 aliphatic carbocycles. The van der Waals surface area contributed by atoms with Gasteiger partial charge in [-0.15, -0.1) is 12.4 Å². The number of nitrogens with one attached hydrogen (secondary N) is 1. The minimum absolute atomic E-state index is 0. The lowest BCUT2D eigenvalue weighted by molar-refractivity contribution is 0.342. The van der Waals surface area contributed by atoms with Gasteiger partial charge in [0.15, 0.2) is 5.75 Å². The number of hydrogen-bond donors (Lipinski definition) is 1. The summed E-state index contributed by atoms with van der Waals surface area (Å²) in [7, 11) is 3.25. The van der Waals surface area contributed by atoms with Crippen LogP contribution in [0.15, 0.2) is 16.7 Å². The molecule has 1 N–H and O–H groups in total. The molecule has 1 aromatic heterocycles. The summed E-state index contributed by atoms with van der Waals surface area (Å²) in [5, 5.41) is 8.68. The van der Waals surface area contributed by atoms with Crippen LogP contribution in [-0.2, 0) is 6.42 Å². The van der Waals surface area contributed by atoms with Crippen molar-refractivity contribution >= 4 is 23.4 Å². The van der Waals surface area contributed by atoms with E-state index in [4.69, 9.17) is 14.0 Å². The average Bonchev–Trinajstić information content (AvgIpc) is 2.98. The van der Waals surface area contributed by atoms with E-state index in [9.17, 15) is 0 Å². The Bertz CT molecular complexity index is 624. The van der Waals surface area contributed by atoms with Gasteiger partial charge < -0.3 is 19.3 Å². The van der Waals surface area contributed by atoms with Crippen molar-refractivity contribution in [1.82, 2.24) is 10.5 Å². The maximum Gasteiger partial charge on any atom is 0.212 e. The van der Waals surface area contributed by atoms with Crippen LogP contribution < -0.4 is 14.8 Å². The number of piperidine rings is 1. The molecule has 2 heterocycles. The Hall–Kier alpha value is -1.46. The lowest BCUT2D eigenvalue weighted by atomic mass is 9.92. The molecule has 0 radical (unpaired) electrons. The van der Waals surface area contributed by atoms with Crippen LogP contribution in [0.5, 0.6) is 11.5 Å². The van der Waals surface area contributed by atoms with Gasteiger partial charge in [-0.25, -0.2) is 0 Å². The van der Waals surface area contributed by atoms with Crippen molar-refractivity contribution in [3.8, 4) is 11.5 Å². The number of benzene rings is 1. The maximum atomic E-state index is 5.49. The summed E-state index contributed by atoms with van der Waals surface area (Å²) < 4.78 is 16.2. The Kier molecular flexibility index (Phi) is 6.54. The van der Waals surface area contributed by atoms with Crippen LogP contribution in [0.3, 0.4) is 0 Å². The van der Waals surface area contributed by atoms with Gasteiger partial charge in [-0.05, 0) is 63.2 Å². The molecule has 128 valence electrons. The van der Waals surface area contributed by atoms with Crippen molar-refractivity contribution < 1.29 is 14.0 Å². The number of methoxy groups -OCH3 is 2. The highest BCUT2D eigenvalue weighted by atomic mass is 35.5. The highest BCUT2D eigenvalue weighted by molar-refractivity contribution is 5.87. The highest BCUT2D eigenvalue weighted by Crippen LogP contribution is 2.37. The number of halogens is 1. The van der Waals surface area contributed by atoms with E-state index in [1.165, 1.54) is 19.3 Å². The average molecular weight is 341 g/mol. The number of ether oxygens (including phenoxy) is 2. The minimum Gasteiger partial charge on any atom is -0.493 e. The van der Waals surface area contributed by atoms with Crippen LogP contribution in [0.2, 0.25) is 0 Å². The number of fused-ring (bicyclic) bond motifs is 1. The van der Waals surface area contributed by atoms with Crippen LogP contribution in [0.4, 0.5) is 0 Å². The van der Waals surface area contributed by atoms with Crippen LogP contribution in [0, 0.1) is 5.92 Å². The molecule has 1 fully saturated rings. The summed E-state index contributed by atoms with van der Waals surface area (Å²) in [6.07, 6.45) is 5.96. The third-order valence-electron chi connectivity index (χ3n) is 4.54. The van der Waals surface area contributed by atoms with Gasteiger partial charge in [-0.1, -0.05) is 5.16 Å². The third kappa shape index (κ3) is 3.90. The van der Waals surface area contributed by atoms with Gasteiger partial charge in [0.1, 0.15) is 0 Å². The molecule has 0 unspecified atom stereocenters. The Balaban J connectivity index is 0.00000192. The molecule has 0 spiro atoms. The fraction of sp³-hybridized carbons (Fsp3) is 0.588. The van der Waals surface area contributed by atoms with Crippen LogP contribution >= 0.6 is 12.4 Å². The molecule has 0 saturated carbocycles. The van der Waals surface area contributed by atoms with Gasteiger partial charge in [0, 0.05) is 5.39 Å². The predicted octanol–water partition coefficient (Wildman–Crippen LogP) is 3.59. The molecule has 1 aliphatic rings. The van der Waals surface area contributed by atoms with Crippen molar-refractivity contribution in [2.45, 2.75) is 32.1 Å². The first-order chi connectivity index (χ1) is 10.8. The smallest absolute Gasteiger partial charge is 0.212 e. The van der Waals surface area contributed by atoms with E-state index in [1.54, 1.807) is 14.2 Å².